The van der Waals surface area contributed by atoms with Crippen LogP contribution in [0.5, 0.6) is 0 Å². The first-order chi connectivity index (χ1) is 18.1. The monoisotopic (exact) mass is 501 g/mol. The molecule has 37 heavy (non-hydrogen) atoms. The maximum atomic E-state index is 12.8. The molecule has 3 nitrogen and oxygen atoms in total. The highest BCUT2D eigenvalue weighted by molar-refractivity contribution is 6.67. The molecule has 0 bridgehead atoms. The van der Waals surface area contributed by atoms with Crippen LogP contribution in [0.25, 0.3) is 0 Å². The standard InChI is InChI=1S/C33H24ClNO2/c34-31(36)24-16-18-25(19-17-24)32(37)35-30-22-20-29(21-23-30)33(26-10-4-1-5-11-26,27-12-6-2-7-13-27)28-14-8-3-9-15-28/h1-23H,(H,35,37). The number of carbonyl (C=O) groups excluding carboxylic acids is 2. The molecule has 0 aliphatic rings. The van der Waals surface area contributed by atoms with Crippen molar-refractivity contribution in [2.24, 2.45) is 0 Å². The molecule has 0 aliphatic carbocycles. The zero-order valence-corrected chi connectivity index (χ0v) is 20.7. The molecule has 0 unspecified atom stereocenters. The van der Waals surface area contributed by atoms with E-state index >= 15 is 0 Å². The van der Waals surface area contributed by atoms with Crippen LogP contribution < -0.4 is 5.32 Å². The molecule has 1 amide bonds. The molecule has 0 atom stereocenters. The van der Waals surface area contributed by atoms with Crippen molar-refractivity contribution in [2.75, 3.05) is 5.32 Å². The van der Waals surface area contributed by atoms with Gasteiger partial charge in [-0.2, -0.15) is 0 Å². The minimum atomic E-state index is -0.554. The van der Waals surface area contributed by atoms with Crippen LogP contribution in [0.3, 0.4) is 0 Å². The second-order valence-corrected chi connectivity index (χ2v) is 9.07. The van der Waals surface area contributed by atoms with Crippen molar-refractivity contribution in [2.45, 2.75) is 5.41 Å². The van der Waals surface area contributed by atoms with Crippen molar-refractivity contribution >= 4 is 28.4 Å². The Balaban J connectivity index is 1.56. The Hall–Kier alpha value is -4.47. The van der Waals surface area contributed by atoms with E-state index in [4.69, 9.17) is 11.6 Å². The van der Waals surface area contributed by atoms with Crippen LogP contribution >= 0.6 is 11.6 Å². The van der Waals surface area contributed by atoms with Crippen molar-refractivity contribution in [1.82, 2.24) is 0 Å². The van der Waals surface area contributed by atoms with E-state index in [9.17, 15) is 9.59 Å². The molecule has 0 fully saturated rings. The van der Waals surface area contributed by atoms with E-state index in [1.165, 1.54) is 0 Å². The van der Waals surface area contributed by atoms with E-state index in [-0.39, 0.29) is 5.91 Å². The Labute approximate surface area is 221 Å². The van der Waals surface area contributed by atoms with Crippen LogP contribution in [0, 0.1) is 0 Å². The molecule has 5 aromatic carbocycles. The molecule has 1 N–H and O–H groups in total. The third kappa shape index (κ3) is 4.82. The fourth-order valence-electron chi connectivity index (χ4n) is 4.82. The average molecular weight is 502 g/mol. The van der Waals surface area contributed by atoms with Gasteiger partial charge in [-0.3, -0.25) is 9.59 Å². The maximum Gasteiger partial charge on any atom is 0.255 e. The Morgan fingerprint density at radius 3 is 1.27 bits per heavy atom. The Morgan fingerprint density at radius 2 is 0.865 bits per heavy atom. The number of amides is 1. The van der Waals surface area contributed by atoms with Gasteiger partial charge < -0.3 is 5.32 Å². The minimum absolute atomic E-state index is 0.262. The minimum Gasteiger partial charge on any atom is -0.322 e. The second-order valence-electron chi connectivity index (χ2n) is 8.73. The fourth-order valence-corrected chi connectivity index (χ4v) is 4.95. The molecule has 0 saturated carbocycles. The smallest absolute Gasteiger partial charge is 0.255 e. The molecular formula is C33H24ClNO2. The first-order valence-corrected chi connectivity index (χ1v) is 12.3. The Kier molecular flexibility index (Phi) is 6.98. The highest BCUT2D eigenvalue weighted by atomic mass is 35.5. The van der Waals surface area contributed by atoms with Crippen molar-refractivity contribution < 1.29 is 9.59 Å². The molecule has 0 aliphatic heterocycles. The molecule has 0 aromatic heterocycles. The summed E-state index contributed by atoms with van der Waals surface area (Å²) in [4.78, 5) is 24.1. The lowest BCUT2D eigenvalue weighted by atomic mass is 9.65. The first-order valence-electron chi connectivity index (χ1n) is 12.0. The zero-order valence-electron chi connectivity index (χ0n) is 20.0. The number of benzene rings is 5. The van der Waals surface area contributed by atoms with E-state index in [0.717, 1.165) is 22.3 Å². The van der Waals surface area contributed by atoms with Crippen molar-refractivity contribution in [1.29, 1.82) is 0 Å². The molecular weight excluding hydrogens is 478 g/mol. The van der Waals surface area contributed by atoms with E-state index in [0.29, 0.717) is 16.8 Å². The SMILES string of the molecule is O=C(Cl)c1ccc(C(=O)Nc2ccc(C(c3ccccc3)(c3ccccc3)c3ccccc3)cc2)cc1. The summed E-state index contributed by atoms with van der Waals surface area (Å²) in [5, 5.41) is 2.39. The topological polar surface area (TPSA) is 46.2 Å². The quantitative estimate of drug-likeness (QED) is 0.183. The molecule has 0 saturated heterocycles. The summed E-state index contributed by atoms with van der Waals surface area (Å²) in [5.41, 5.74) is 5.46. The van der Waals surface area contributed by atoms with Gasteiger partial charge in [0.25, 0.3) is 11.1 Å². The summed E-state index contributed by atoms with van der Waals surface area (Å²) in [6, 6.07) is 45.6. The van der Waals surface area contributed by atoms with Crippen LogP contribution in [0.2, 0.25) is 0 Å². The zero-order chi connectivity index (χ0) is 25.7. The molecule has 0 spiro atoms. The number of hydrogen-bond acceptors (Lipinski definition) is 2. The number of anilines is 1. The van der Waals surface area contributed by atoms with Gasteiger partial charge in [-0.15, -0.1) is 0 Å². The van der Waals surface area contributed by atoms with Gasteiger partial charge in [0.2, 0.25) is 0 Å². The van der Waals surface area contributed by atoms with E-state index in [1.54, 1.807) is 24.3 Å². The largest absolute Gasteiger partial charge is 0.322 e. The van der Waals surface area contributed by atoms with Gasteiger partial charge >= 0.3 is 0 Å². The first kappa shape index (κ1) is 24.2. The molecule has 5 rings (SSSR count). The van der Waals surface area contributed by atoms with Crippen LogP contribution in [-0.2, 0) is 5.41 Å². The molecule has 5 aromatic rings. The Bertz CT molecular complexity index is 1400. The summed E-state index contributed by atoms with van der Waals surface area (Å²) in [6.45, 7) is 0. The second kappa shape index (κ2) is 10.7. The van der Waals surface area contributed by atoms with Crippen LogP contribution in [0.15, 0.2) is 140 Å². The van der Waals surface area contributed by atoms with Crippen LogP contribution in [0.1, 0.15) is 43.0 Å². The summed E-state index contributed by atoms with van der Waals surface area (Å²) in [6.07, 6.45) is 0. The third-order valence-corrected chi connectivity index (χ3v) is 6.79. The number of rotatable bonds is 7. The van der Waals surface area contributed by atoms with E-state index in [2.05, 4.69) is 90.2 Å². The maximum absolute atomic E-state index is 12.8. The molecule has 0 heterocycles. The van der Waals surface area contributed by atoms with Gasteiger partial charge in [0.1, 0.15) is 0 Å². The lowest BCUT2D eigenvalue weighted by Gasteiger charge is -2.37. The van der Waals surface area contributed by atoms with Gasteiger partial charge in [0.15, 0.2) is 0 Å². The van der Waals surface area contributed by atoms with Gasteiger partial charge in [0.05, 0.1) is 5.41 Å². The molecule has 180 valence electrons. The Morgan fingerprint density at radius 1 is 0.486 bits per heavy atom. The highest BCUT2D eigenvalue weighted by Gasteiger charge is 2.38. The highest BCUT2D eigenvalue weighted by Crippen LogP contribution is 2.45. The lowest BCUT2D eigenvalue weighted by molar-refractivity contribution is 0.102. The van der Waals surface area contributed by atoms with Gasteiger partial charge in [-0.25, -0.2) is 0 Å². The van der Waals surface area contributed by atoms with Crippen molar-refractivity contribution in [3.05, 3.63) is 173 Å². The number of carbonyl (C=O) groups is 2. The summed E-state index contributed by atoms with van der Waals surface area (Å²) in [7, 11) is 0. The summed E-state index contributed by atoms with van der Waals surface area (Å²) >= 11 is 5.51. The average Bonchev–Trinajstić information content (AvgIpc) is 2.96. The predicted octanol–water partition coefficient (Wildman–Crippen LogP) is 7.70. The van der Waals surface area contributed by atoms with Crippen molar-refractivity contribution in [3.63, 3.8) is 0 Å². The van der Waals surface area contributed by atoms with Gasteiger partial charge in [0, 0.05) is 16.8 Å². The van der Waals surface area contributed by atoms with Crippen LogP contribution in [0.4, 0.5) is 5.69 Å². The van der Waals surface area contributed by atoms with Gasteiger partial charge in [-0.1, -0.05) is 103 Å². The van der Waals surface area contributed by atoms with Gasteiger partial charge in [-0.05, 0) is 70.3 Å². The van der Waals surface area contributed by atoms with Crippen LogP contribution in [-0.4, -0.2) is 11.1 Å². The van der Waals surface area contributed by atoms with E-state index in [1.807, 2.05) is 30.3 Å². The number of nitrogens with one attached hydrogen (secondary N) is 1. The lowest BCUT2D eigenvalue weighted by Crippen LogP contribution is -2.31. The molecule has 0 radical (unpaired) electrons. The fraction of sp³-hybridized carbons (Fsp3) is 0.0303. The van der Waals surface area contributed by atoms with E-state index < -0.39 is 10.7 Å². The molecule has 4 heteroatoms. The summed E-state index contributed by atoms with van der Waals surface area (Å²) < 4.78 is 0. The summed E-state index contributed by atoms with van der Waals surface area (Å²) in [5.74, 6) is -0.262. The number of hydrogen-bond donors (Lipinski definition) is 1. The van der Waals surface area contributed by atoms with Crippen molar-refractivity contribution in [3.8, 4) is 0 Å². The number of halogens is 1. The predicted molar refractivity (Wildman–Crippen MR) is 149 cm³/mol. The third-order valence-electron chi connectivity index (χ3n) is 6.57. The normalized spacial score (nSPS) is 11.1.